The molecule has 2 heterocycles. The Labute approximate surface area is 220 Å². The van der Waals surface area contributed by atoms with Crippen LogP contribution in [0.1, 0.15) is 41.4 Å². The number of carbonyl (C=O) groups is 1. The molecule has 2 aromatic heterocycles. The van der Waals surface area contributed by atoms with Crippen LogP contribution in [-0.2, 0) is 6.42 Å². The molecule has 36 heavy (non-hydrogen) atoms. The van der Waals surface area contributed by atoms with Crippen molar-refractivity contribution in [2.24, 2.45) is 0 Å². The van der Waals surface area contributed by atoms with Gasteiger partial charge in [0.25, 0.3) is 5.91 Å². The number of nitrogens with one attached hydrogen (secondary N) is 2. The topological polar surface area (TPSA) is 124 Å². The van der Waals surface area contributed by atoms with E-state index in [0.717, 1.165) is 24.8 Å². The number of aromatic nitrogens is 3. The molecule has 1 amide bonds. The molecule has 0 atom stereocenters. The first-order chi connectivity index (χ1) is 17.3. The highest BCUT2D eigenvalue weighted by Gasteiger charge is 2.17. The van der Waals surface area contributed by atoms with Crippen molar-refractivity contribution in [3.05, 3.63) is 63.4 Å². The van der Waals surface area contributed by atoms with Crippen molar-refractivity contribution < 1.29 is 15.0 Å². The van der Waals surface area contributed by atoms with Crippen LogP contribution < -0.4 is 15.5 Å². The van der Waals surface area contributed by atoms with Crippen molar-refractivity contribution in [1.82, 2.24) is 15.0 Å². The summed E-state index contributed by atoms with van der Waals surface area (Å²) in [5.41, 5.74) is 2.40. The first-order valence-electron chi connectivity index (χ1n) is 11.7. The average Bonchev–Trinajstić information content (AvgIpc) is 2.82. The maximum Gasteiger partial charge on any atom is 0.258 e. The number of rotatable bonds is 12. The number of aryl methyl sites for hydroxylation is 2. The molecule has 0 bridgehead atoms. The summed E-state index contributed by atoms with van der Waals surface area (Å²) < 4.78 is 0. The van der Waals surface area contributed by atoms with Crippen molar-refractivity contribution in [2.75, 3.05) is 41.8 Å². The van der Waals surface area contributed by atoms with Gasteiger partial charge in [-0.1, -0.05) is 36.5 Å². The van der Waals surface area contributed by atoms with Gasteiger partial charge in [-0.05, 0) is 43.5 Å². The van der Waals surface area contributed by atoms with Gasteiger partial charge >= 0.3 is 0 Å². The highest BCUT2D eigenvalue weighted by Crippen LogP contribution is 2.29. The molecule has 0 aliphatic rings. The number of halogens is 2. The minimum absolute atomic E-state index is 0.0984. The average molecular weight is 533 g/mol. The Morgan fingerprint density at radius 3 is 2.36 bits per heavy atom. The van der Waals surface area contributed by atoms with Crippen LogP contribution in [-0.4, -0.2) is 57.4 Å². The van der Waals surface area contributed by atoms with Crippen molar-refractivity contribution in [1.29, 1.82) is 0 Å². The summed E-state index contributed by atoms with van der Waals surface area (Å²) in [6.07, 6.45) is 4.46. The van der Waals surface area contributed by atoms with E-state index < -0.39 is 5.91 Å². The number of aliphatic hydroxyl groups excluding tert-OH is 2. The lowest BCUT2D eigenvalue weighted by molar-refractivity contribution is 0.102. The number of pyridine rings is 1. The number of nitrogens with zero attached hydrogens (tertiary/aromatic N) is 4. The Bertz CT molecular complexity index is 1170. The third-order valence-corrected chi connectivity index (χ3v) is 5.88. The van der Waals surface area contributed by atoms with E-state index in [0.29, 0.717) is 39.0 Å². The number of unbranched alkanes of at least 4 members (excludes halogenated alkanes) is 1. The molecule has 0 aliphatic carbocycles. The molecule has 9 nitrogen and oxygen atoms in total. The maximum absolute atomic E-state index is 13.0. The van der Waals surface area contributed by atoms with E-state index in [-0.39, 0.29) is 31.9 Å². The van der Waals surface area contributed by atoms with Crippen LogP contribution in [0.3, 0.4) is 0 Å². The van der Waals surface area contributed by atoms with Crippen molar-refractivity contribution in [3.63, 3.8) is 0 Å². The fourth-order valence-electron chi connectivity index (χ4n) is 3.58. The zero-order valence-electron chi connectivity index (χ0n) is 20.3. The van der Waals surface area contributed by atoms with E-state index in [1.54, 1.807) is 41.4 Å². The Kier molecular flexibility index (Phi) is 10.2. The normalized spacial score (nSPS) is 10.8. The van der Waals surface area contributed by atoms with E-state index in [1.165, 1.54) is 0 Å². The van der Waals surface area contributed by atoms with Gasteiger partial charge in [0.15, 0.2) is 0 Å². The zero-order valence-corrected chi connectivity index (χ0v) is 21.8. The number of amides is 1. The number of carbonyl (C=O) groups excluding carboxylic acids is 1. The van der Waals surface area contributed by atoms with Gasteiger partial charge in [0, 0.05) is 42.8 Å². The predicted molar refractivity (Wildman–Crippen MR) is 144 cm³/mol. The molecule has 192 valence electrons. The second-order valence-electron chi connectivity index (χ2n) is 8.18. The molecular weight excluding hydrogens is 503 g/mol. The highest BCUT2D eigenvalue weighted by atomic mass is 35.5. The van der Waals surface area contributed by atoms with Crippen molar-refractivity contribution in [2.45, 2.75) is 33.1 Å². The van der Waals surface area contributed by atoms with Crippen LogP contribution in [0, 0.1) is 6.92 Å². The van der Waals surface area contributed by atoms with Gasteiger partial charge in [-0.2, -0.15) is 4.98 Å². The predicted octanol–water partition coefficient (Wildman–Crippen LogP) is 4.62. The van der Waals surface area contributed by atoms with Crippen LogP contribution in [0.25, 0.3) is 0 Å². The third kappa shape index (κ3) is 7.51. The van der Waals surface area contributed by atoms with E-state index in [9.17, 15) is 15.0 Å². The third-order valence-electron chi connectivity index (χ3n) is 5.29. The molecule has 0 unspecified atom stereocenters. The standard InChI is InChI=1S/C25H30Cl2N6O3/c1-3-4-5-17-13-19(26)23(20(27)14-17)24(36)30-18-6-7-28-21(15-18)31-22-12-16(2)29-25(32-22)33(8-10-34)9-11-35/h6-7,12-15,34-35H,3-5,8-11H2,1-2H3,(H2,28,29,30,31,32,36). The summed E-state index contributed by atoms with van der Waals surface area (Å²) in [5.74, 6) is 0.868. The molecular formula is C25H30Cl2N6O3. The van der Waals surface area contributed by atoms with Gasteiger partial charge in [-0.25, -0.2) is 9.97 Å². The SMILES string of the molecule is CCCCc1cc(Cl)c(C(=O)Nc2ccnc(Nc3cc(C)nc(N(CCO)CCO)n3)c2)c(Cl)c1. The Hall–Kier alpha value is -2.98. The molecule has 0 radical (unpaired) electrons. The summed E-state index contributed by atoms with van der Waals surface area (Å²) in [4.78, 5) is 27.8. The van der Waals surface area contributed by atoms with E-state index >= 15 is 0 Å². The summed E-state index contributed by atoms with van der Waals surface area (Å²) >= 11 is 12.8. The van der Waals surface area contributed by atoms with Gasteiger partial charge in [-0.3, -0.25) is 4.79 Å². The van der Waals surface area contributed by atoms with Crippen LogP contribution in [0.2, 0.25) is 10.0 Å². The largest absolute Gasteiger partial charge is 0.395 e. The highest BCUT2D eigenvalue weighted by molar-refractivity contribution is 6.40. The fourth-order valence-corrected chi connectivity index (χ4v) is 4.28. The number of benzene rings is 1. The number of aliphatic hydroxyl groups is 2. The van der Waals surface area contributed by atoms with Gasteiger partial charge in [0.05, 0.1) is 28.8 Å². The Morgan fingerprint density at radius 1 is 1.03 bits per heavy atom. The summed E-state index contributed by atoms with van der Waals surface area (Å²) in [6, 6.07) is 8.62. The molecule has 0 saturated carbocycles. The number of hydrogen-bond acceptors (Lipinski definition) is 8. The van der Waals surface area contributed by atoms with Crippen LogP contribution in [0.5, 0.6) is 0 Å². The fraction of sp³-hybridized carbons (Fsp3) is 0.360. The summed E-state index contributed by atoms with van der Waals surface area (Å²) in [7, 11) is 0. The first kappa shape index (κ1) is 27.6. The van der Waals surface area contributed by atoms with Crippen LogP contribution in [0.4, 0.5) is 23.3 Å². The molecule has 0 aliphatic heterocycles. The van der Waals surface area contributed by atoms with Crippen molar-refractivity contribution in [3.8, 4) is 0 Å². The molecule has 1 aromatic carbocycles. The first-order valence-corrected chi connectivity index (χ1v) is 12.4. The van der Waals surface area contributed by atoms with Gasteiger partial charge < -0.3 is 25.7 Å². The van der Waals surface area contributed by atoms with Crippen molar-refractivity contribution >= 4 is 52.4 Å². The Morgan fingerprint density at radius 2 is 1.72 bits per heavy atom. The second kappa shape index (κ2) is 13.4. The second-order valence-corrected chi connectivity index (χ2v) is 8.99. The van der Waals surface area contributed by atoms with E-state index in [4.69, 9.17) is 23.2 Å². The number of anilines is 4. The molecule has 4 N–H and O–H groups in total. The smallest absolute Gasteiger partial charge is 0.258 e. The van der Waals surface area contributed by atoms with E-state index in [2.05, 4.69) is 32.5 Å². The zero-order chi connectivity index (χ0) is 26.1. The maximum atomic E-state index is 13.0. The quantitative estimate of drug-likeness (QED) is 0.266. The summed E-state index contributed by atoms with van der Waals surface area (Å²) in [5, 5.41) is 25.2. The molecule has 11 heteroatoms. The monoisotopic (exact) mass is 532 g/mol. The minimum atomic E-state index is -0.423. The van der Waals surface area contributed by atoms with Crippen LogP contribution in [0.15, 0.2) is 36.5 Å². The molecule has 0 fully saturated rings. The molecule has 0 saturated heterocycles. The van der Waals surface area contributed by atoms with E-state index in [1.807, 2.05) is 6.92 Å². The van der Waals surface area contributed by atoms with Gasteiger partial charge in [0.2, 0.25) is 5.95 Å². The Balaban J connectivity index is 1.77. The lowest BCUT2D eigenvalue weighted by Crippen LogP contribution is -2.31. The lowest BCUT2D eigenvalue weighted by Gasteiger charge is -2.21. The summed E-state index contributed by atoms with van der Waals surface area (Å²) in [6.45, 7) is 4.30. The number of hydrogen-bond donors (Lipinski definition) is 4. The lowest BCUT2D eigenvalue weighted by atomic mass is 10.1. The van der Waals surface area contributed by atoms with Crippen LogP contribution >= 0.6 is 23.2 Å². The van der Waals surface area contributed by atoms with Gasteiger partial charge in [-0.15, -0.1) is 0 Å². The molecule has 3 rings (SSSR count). The molecule has 0 spiro atoms. The van der Waals surface area contributed by atoms with Gasteiger partial charge in [0.1, 0.15) is 11.6 Å². The molecule has 3 aromatic rings. The minimum Gasteiger partial charge on any atom is -0.395 e.